The topological polar surface area (TPSA) is 122 Å². The van der Waals surface area contributed by atoms with Crippen molar-refractivity contribution in [2.45, 2.75) is 43.8 Å². The van der Waals surface area contributed by atoms with E-state index in [4.69, 9.17) is 10.5 Å². The number of carbonyl (C=O) groups excluding carboxylic acids is 2. The fourth-order valence-electron chi connectivity index (χ4n) is 4.99. The maximum Gasteiger partial charge on any atom is 0.407 e. The lowest BCUT2D eigenvalue weighted by molar-refractivity contribution is -0.144. The van der Waals surface area contributed by atoms with E-state index in [1.807, 2.05) is 36.4 Å². The molecule has 1 saturated heterocycles. The van der Waals surface area contributed by atoms with Crippen LogP contribution in [0.5, 0.6) is 0 Å². The van der Waals surface area contributed by atoms with Gasteiger partial charge in [0.25, 0.3) is 0 Å². The van der Waals surface area contributed by atoms with Crippen LogP contribution in [0.1, 0.15) is 36.8 Å². The molecule has 0 bridgehead atoms. The van der Waals surface area contributed by atoms with Crippen LogP contribution in [-0.2, 0) is 14.3 Å². The lowest BCUT2D eigenvalue weighted by atomic mass is 9.98. The van der Waals surface area contributed by atoms with E-state index in [-0.39, 0.29) is 12.5 Å². The van der Waals surface area contributed by atoms with Crippen LogP contribution < -0.4 is 11.1 Å². The van der Waals surface area contributed by atoms with Gasteiger partial charge < -0.3 is 20.9 Å². The molecular formula is C24H27N3O5. The third kappa shape index (κ3) is 4.05. The molecule has 0 saturated carbocycles. The Kier molecular flexibility index (Phi) is 6.14. The zero-order valence-electron chi connectivity index (χ0n) is 17.9. The predicted molar refractivity (Wildman–Crippen MR) is 118 cm³/mol. The summed E-state index contributed by atoms with van der Waals surface area (Å²) in [5.74, 6) is -1.75. The van der Waals surface area contributed by atoms with E-state index < -0.39 is 36.1 Å². The molecule has 4 N–H and O–H groups in total. The van der Waals surface area contributed by atoms with Crippen LogP contribution in [0.25, 0.3) is 11.1 Å². The highest BCUT2D eigenvalue weighted by Gasteiger charge is 2.41. The van der Waals surface area contributed by atoms with E-state index in [9.17, 15) is 19.5 Å². The number of rotatable bonds is 7. The molecule has 0 spiro atoms. The van der Waals surface area contributed by atoms with Gasteiger partial charge in [0.2, 0.25) is 5.91 Å². The second-order valence-corrected chi connectivity index (χ2v) is 8.34. The Bertz CT molecular complexity index is 994. The number of hydrogen-bond acceptors (Lipinski definition) is 5. The molecule has 3 atom stereocenters. The zero-order chi connectivity index (χ0) is 22.8. The van der Waals surface area contributed by atoms with Crippen LogP contribution >= 0.6 is 0 Å². The summed E-state index contributed by atoms with van der Waals surface area (Å²) in [6.45, 7) is 2.21. The summed E-state index contributed by atoms with van der Waals surface area (Å²) in [6.07, 6.45) is 0.423. The molecule has 1 heterocycles. The fraction of sp³-hybridized carbons (Fsp3) is 0.375. The maximum atomic E-state index is 12.6. The van der Waals surface area contributed by atoms with Crippen LogP contribution in [0.4, 0.5) is 4.79 Å². The van der Waals surface area contributed by atoms with Crippen LogP contribution in [0, 0.1) is 0 Å². The minimum Gasteiger partial charge on any atom is -0.480 e. The predicted octanol–water partition coefficient (Wildman–Crippen LogP) is 2.32. The number of ether oxygens (including phenoxy) is 1. The largest absolute Gasteiger partial charge is 0.480 e. The molecule has 168 valence electrons. The van der Waals surface area contributed by atoms with Gasteiger partial charge in [0.15, 0.2) is 0 Å². The number of nitrogens with one attached hydrogen (secondary N) is 1. The molecule has 4 rings (SSSR count). The highest BCUT2D eigenvalue weighted by molar-refractivity contribution is 5.83. The molecule has 1 aliphatic carbocycles. The van der Waals surface area contributed by atoms with E-state index in [1.54, 1.807) is 11.8 Å². The van der Waals surface area contributed by atoms with Gasteiger partial charge >= 0.3 is 12.1 Å². The number of primary amides is 1. The number of aliphatic carboxylic acids is 1. The number of nitrogens with zero attached hydrogens (tertiary/aromatic N) is 1. The summed E-state index contributed by atoms with van der Waals surface area (Å²) in [7, 11) is 0. The molecule has 1 fully saturated rings. The minimum absolute atomic E-state index is 0.0784. The Morgan fingerprint density at radius 3 is 2.28 bits per heavy atom. The average Bonchev–Trinajstić information content (AvgIpc) is 3.35. The first-order valence-electron chi connectivity index (χ1n) is 10.8. The van der Waals surface area contributed by atoms with Crippen molar-refractivity contribution < 1.29 is 24.2 Å². The van der Waals surface area contributed by atoms with Crippen molar-refractivity contribution in [3.05, 3.63) is 59.7 Å². The van der Waals surface area contributed by atoms with Gasteiger partial charge in [0.05, 0.1) is 6.04 Å². The summed E-state index contributed by atoms with van der Waals surface area (Å²) >= 11 is 0. The molecule has 8 heteroatoms. The quantitative estimate of drug-likeness (QED) is 0.611. The highest BCUT2D eigenvalue weighted by atomic mass is 16.5. The molecule has 0 aromatic heterocycles. The molecule has 1 aliphatic heterocycles. The van der Waals surface area contributed by atoms with E-state index in [0.29, 0.717) is 19.4 Å². The van der Waals surface area contributed by atoms with Crippen LogP contribution in [0.15, 0.2) is 48.5 Å². The highest BCUT2D eigenvalue weighted by Crippen LogP contribution is 2.44. The number of carboxylic acids is 1. The number of amides is 2. The normalized spacial score (nSPS) is 19.6. The van der Waals surface area contributed by atoms with Gasteiger partial charge in [-0.25, -0.2) is 4.79 Å². The van der Waals surface area contributed by atoms with E-state index in [2.05, 4.69) is 17.4 Å². The lowest BCUT2D eigenvalue weighted by Gasteiger charge is -2.33. The Balaban J connectivity index is 1.43. The van der Waals surface area contributed by atoms with Gasteiger partial charge in [0, 0.05) is 5.92 Å². The maximum absolute atomic E-state index is 12.6. The zero-order valence-corrected chi connectivity index (χ0v) is 17.9. The summed E-state index contributed by atoms with van der Waals surface area (Å²) in [5, 5.41) is 12.1. The molecule has 2 aromatic carbocycles. The standard InChI is InChI=1S/C24H27N3O5/c1-14(21(22(25)28)27-12-6-11-20(27)23(29)30)26-24(31)32-13-19-17-9-4-2-7-15(17)16-8-3-5-10-18(16)19/h2-5,7-10,14,19-21H,6,11-13H2,1H3,(H2,25,28)(H,26,31)(H,29,30)/t14-,20-,21?/m0/s1. The minimum atomic E-state index is -0.998. The summed E-state index contributed by atoms with van der Waals surface area (Å²) in [6, 6.07) is 13.7. The van der Waals surface area contributed by atoms with Crippen molar-refractivity contribution in [1.82, 2.24) is 10.2 Å². The first-order valence-corrected chi connectivity index (χ1v) is 10.8. The molecule has 32 heavy (non-hydrogen) atoms. The lowest BCUT2D eigenvalue weighted by Crippen LogP contribution is -2.59. The van der Waals surface area contributed by atoms with Crippen molar-refractivity contribution in [3.8, 4) is 11.1 Å². The van der Waals surface area contributed by atoms with Crippen LogP contribution in [-0.4, -0.2) is 59.3 Å². The SMILES string of the molecule is C[C@H](NC(=O)OCC1c2ccccc2-c2ccccc21)C(C(N)=O)N1CCC[C@H]1C(=O)O. The monoisotopic (exact) mass is 437 g/mol. The Hall–Kier alpha value is -3.39. The van der Waals surface area contributed by atoms with E-state index >= 15 is 0 Å². The smallest absolute Gasteiger partial charge is 0.407 e. The van der Waals surface area contributed by atoms with Gasteiger partial charge in [-0.15, -0.1) is 0 Å². The number of nitrogens with two attached hydrogens (primary N) is 1. The second kappa shape index (κ2) is 9.00. The van der Waals surface area contributed by atoms with Gasteiger partial charge in [-0.05, 0) is 48.6 Å². The summed E-state index contributed by atoms with van der Waals surface area (Å²) in [4.78, 5) is 37.8. The summed E-state index contributed by atoms with van der Waals surface area (Å²) in [5.41, 5.74) is 10.0. The molecule has 2 aromatic rings. The Labute approximate surface area is 186 Å². The van der Waals surface area contributed by atoms with Gasteiger partial charge in [-0.1, -0.05) is 48.5 Å². The van der Waals surface area contributed by atoms with Crippen molar-refractivity contribution in [1.29, 1.82) is 0 Å². The number of carboxylic acid groups (broad SMARTS) is 1. The third-order valence-electron chi connectivity index (χ3n) is 6.39. The van der Waals surface area contributed by atoms with Gasteiger partial charge in [-0.3, -0.25) is 14.5 Å². The third-order valence-corrected chi connectivity index (χ3v) is 6.39. The van der Waals surface area contributed by atoms with Crippen LogP contribution in [0.3, 0.4) is 0 Å². The molecule has 1 unspecified atom stereocenters. The Morgan fingerprint density at radius 1 is 1.12 bits per heavy atom. The number of carbonyl (C=O) groups is 3. The van der Waals surface area contributed by atoms with Gasteiger partial charge in [0.1, 0.15) is 18.7 Å². The second-order valence-electron chi connectivity index (χ2n) is 8.34. The first-order chi connectivity index (χ1) is 15.4. The van der Waals surface area contributed by atoms with Crippen LogP contribution in [0.2, 0.25) is 0 Å². The van der Waals surface area contributed by atoms with Crippen molar-refractivity contribution in [2.24, 2.45) is 5.73 Å². The molecule has 2 amide bonds. The first kappa shape index (κ1) is 21.8. The fourth-order valence-corrected chi connectivity index (χ4v) is 4.99. The van der Waals surface area contributed by atoms with E-state index in [0.717, 1.165) is 22.3 Å². The molecule has 0 radical (unpaired) electrons. The number of likely N-dealkylation sites (tertiary alicyclic amines) is 1. The van der Waals surface area contributed by atoms with Crippen molar-refractivity contribution in [2.75, 3.05) is 13.2 Å². The average molecular weight is 437 g/mol. The number of fused-ring (bicyclic) bond motifs is 3. The molecule has 8 nitrogen and oxygen atoms in total. The van der Waals surface area contributed by atoms with Gasteiger partial charge in [-0.2, -0.15) is 0 Å². The molecular weight excluding hydrogens is 410 g/mol. The number of alkyl carbamates (subject to hydrolysis) is 1. The number of hydrogen-bond donors (Lipinski definition) is 3. The van der Waals surface area contributed by atoms with Crippen molar-refractivity contribution in [3.63, 3.8) is 0 Å². The number of benzene rings is 2. The van der Waals surface area contributed by atoms with E-state index in [1.165, 1.54) is 0 Å². The molecule has 2 aliphatic rings. The summed E-state index contributed by atoms with van der Waals surface area (Å²) < 4.78 is 5.54. The Morgan fingerprint density at radius 2 is 1.72 bits per heavy atom. The van der Waals surface area contributed by atoms with Crippen molar-refractivity contribution >= 4 is 18.0 Å².